The van der Waals surface area contributed by atoms with Gasteiger partial charge in [0, 0.05) is 12.2 Å². The number of benzene rings is 3. The van der Waals surface area contributed by atoms with Crippen LogP contribution in [0.15, 0.2) is 66.7 Å². The molecule has 0 heterocycles. The average Bonchev–Trinajstić information content (AvgIpc) is 2.91. The van der Waals surface area contributed by atoms with Gasteiger partial charge in [0.15, 0.2) is 0 Å². The van der Waals surface area contributed by atoms with Gasteiger partial charge in [0.1, 0.15) is 23.4 Å². The molecule has 2 unspecified atom stereocenters. The van der Waals surface area contributed by atoms with Gasteiger partial charge in [-0.2, -0.15) is 0 Å². The number of amides is 3. The number of rotatable bonds is 12. The molecule has 0 saturated heterocycles. The summed E-state index contributed by atoms with van der Waals surface area (Å²) in [6.07, 6.45) is 2.17. The lowest BCUT2D eigenvalue weighted by atomic mass is 9.98. The second-order valence-electron chi connectivity index (χ2n) is 12.1. The van der Waals surface area contributed by atoms with Crippen molar-refractivity contribution in [2.75, 3.05) is 11.9 Å². The maximum atomic E-state index is 14.3. The molecule has 226 valence electrons. The molecule has 3 aromatic rings. The molecule has 0 aliphatic heterocycles. The fraction of sp³-hybridized carbons (Fsp3) is 0.441. The van der Waals surface area contributed by atoms with Crippen molar-refractivity contribution in [3.8, 4) is 5.75 Å². The molecule has 8 nitrogen and oxygen atoms in total. The summed E-state index contributed by atoms with van der Waals surface area (Å²) < 4.78 is 5.47. The number of unbranched alkanes of at least 4 members (excludes halogenated alkanes) is 2. The lowest BCUT2D eigenvalue weighted by molar-refractivity contribution is -0.141. The van der Waals surface area contributed by atoms with E-state index in [4.69, 9.17) is 4.74 Å². The highest BCUT2D eigenvalue weighted by Crippen LogP contribution is 2.28. The van der Waals surface area contributed by atoms with E-state index in [0.717, 1.165) is 23.6 Å². The summed E-state index contributed by atoms with van der Waals surface area (Å²) in [5.74, 6) is -0.607. The minimum absolute atomic E-state index is 0.0561. The zero-order chi connectivity index (χ0) is 30.9. The topological polar surface area (TPSA) is 108 Å². The zero-order valence-electron chi connectivity index (χ0n) is 25.6. The van der Waals surface area contributed by atoms with Gasteiger partial charge in [0.2, 0.25) is 5.91 Å². The fourth-order valence-electron chi connectivity index (χ4n) is 4.85. The lowest BCUT2D eigenvalue weighted by Crippen LogP contribution is -2.53. The maximum absolute atomic E-state index is 14.3. The zero-order valence-corrected chi connectivity index (χ0v) is 25.6. The number of carbonyl (C=O) groups excluding carboxylic acids is 3. The minimum atomic E-state index is -1.00. The standard InChI is InChI=1S/C34H45N3O5/c1-7-8-11-20-37(32(40)29(21-23(2)3)36-33(41)42-34(4,5)6)30(25-15-18-28(38)19-16-25)31(39)35-27-17-14-24-12-9-10-13-26(24)22-27/h9-10,12-19,22-23,29-30,38H,7-8,11,20-21H2,1-6H3,(H,35,39)(H,36,41). The molecule has 3 aromatic carbocycles. The predicted molar refractivity (Wildman–Crippen MR) is 167 cm³/mol. The molecule has 2 atom stereocenters. The van der Waals surface area contributed by atoms with E-state index in [1.807, 2.05) is 56.3 Å². The van der Waals surface area contributed by atoms with Gasteiger partial charge in [-0.1, -0.05) is 76.1 Å². The van der Waals surface area contributed by atoms with Crippen molar-refractivity contribution in [3.05, 3.63) is 72.3 Å². The Hall–Kier alpha value is -4.07. The van der Waals surface area contributed by atoms with Gasteiger partial charge in [-0.05, 0) is 80.1 Å². The number of anilines is 1. The summed E-state index contributed by atoms with van der Waals surface area (Å²) >= 11 is 0. The number of carbonyl (C=O) groups is 3. The van der Waals surface area contributed by atoms with Crippen molar-refractivity contribution in [1.29, 1.82) is 0 Å². The molecule has 0 aliphatic rings. The summed E-state index contributed by atoms with van der Waals surface area (Å²) in [6, 6.07) is 18.0. The average molecular weight is 576 g/mol. The monoisotopic (exact) mass is 575 g/mol. The van der Waals surface area contributed by atoms with Crippen molar-refractivity contribution < 1.29 is 24.2 Å². The number of nitrogens with one attached hydrogen (secondary N) is 2. The largest absolute Gasteiger partial charge is 0.508 e. The smallest absolute Gasteiger partial charge is 0.408 e. The SMILES string of the molecule is CCCCCN(C(=O)C(CC(C)C)NC(=O)OC(C)(C)C)C(C(=O)Nc1ccc2ccccc2c1)c1ccc(O)cc1. The number of ether oxygens (including phenoxy) is 1. The number of alkyl carbamates (subject to hydrolysis) is 1. The third-order valence-electron chi connectivity index (χ3n) is 6.77. The van der Waals surface area contributed by atoms with Crippen LogP contribution in [-0.2, 0) is 14.3 Å². The normalized spacial score (nSPS) is 12.9. The Balaban J connectivity index is 2.02. The van der Waals surface area contributed by atoms with E-state index < -0.39 is 23.8 Å². The third-order valence-corrected chi connectivity index (χ3v) is 6.77. The summed E-state index contributed by atoms with van der Waals surface area (Å²) in [4.78, 5) is 42.7. The predicted octanol–water partition coefficient (Wildman–Crippen LogP) is 7.18. The first-order chi connectivity index (χ1) is 19.9. The summed E-state index contributed by atoms with van der Waals surface area (Å²) in [5, 5.41) is 17.8. The lowest BCUT2D eigenvalue weighted by Gasteiger charge is -2.35. The van der Waals surface area contributed by atoms with Crippen LogP contribution in [0, 0.1) is 5.92 Å². The number of phenols is 1. The molecule has 0 saturated carbocycles. The highest BCUT2D eigenvalue weighted by molar-refractivity contribution is 6.00. The molecular formula is C34H45N3O5. The van der Waals surface area contributed by atoms with Crippen LogP contribution >= 0.6 is 0 Å². The van der Waals surface area contributed by atoms with Crippen LogP contribution in [0.1, 0.15) is 78.8 Å². The summed E-state index contributed by atoms with van der Waals surface area (Å²) in [6.45, 7) is 11.6. The van der Waals surface area contributed by atoms with Crippen LogP contribution in [0.5, 0.6) is 5.75 Å². The van der Waals surface area contributed by atoms with Crippen LogP contribution < -0.4 is 10.6 Å². The Morgan fingerprint density at radius 3 is 2.21 bits per heavy atom. The molecule has 3 N–H and O–H groups in total. The third kappa shape index (κ3) is 9.50. The van der Waals surface area contributed by atoms with Crippen molar-refractivity contribution in [3.63, 3.8) is 0 Å². The number of phenolic OH excluding ortho intramolecular Hbond substituents is 1. The van der Waals surface area contributed by atoms with Crippen LogP contribution in [0.4, 0.5) is 10.5 Å². The number of fused-ring (bicyclic) bond motifs is 1. The number of aromatic hydroxyl groups is 1. The Bertz CT molecular complexity index is 1350. The molecular weight excluding hydrogens is 530 g/mol. The molecule has 0 aliphatic carbocycles. The van der Waals surface area contributed by atoms with Crippen LogP contribution in [0.2, 0.25) is 0 Å². The van der Waals surface area contributed by atoms with Gasteiger partial charge in [-0.3, -0.25) is 9.59 Å². The number of hydrogen-bond acceptors (Lipinski definition) is 5. The molecule has 3 rings (SSSR count). The van der Waals surface area contributed by atoms with Gasteiger partial charge < -0.3 is 25.4 Å². The first kappa shape index (κ1) is 32.4. The fourth-order valence-corrected chi connectivity index (χ4v) is 4.85. The van der Waals surface area contributed by atoms with Gasteiger partial charge in [-0.15, -0.1) is 0 Å². The first-order valence-electron chi connectivity index (χ1n) is 14.8. The minimum Gasteiger partial charge on any atom is -0.508 e. The van der Waals surface area contributed by atoms with Crippen molar-refractivity contribution in [2.24, 2.45) is 5.92 Å². The summed E-state index contributed by atoms with van der Waals surface area (Å²) in [7, 11) is 0. The van der Waals surface area contributed by atoms with Crippen LogP contribution in [0.3, 0.4) is 0 Å². The van der Waals surface area contributed by atoms with E-state index in [9.17, 15) is 19.5 Å². The molecule has 3 amide bonds. The van der Waals surface area contributed by atoms with Crippen molar-refractivity contribution in [1.82, 2.24) is 10.2 Å². The summed E-state index contributed by atoms with van der Waals surface area (Å²) in [5.41, 5.74) is 0.426. The first-order valence-corrected chi connectivity index (χ1v) is 14.8. The van der Waals surface area contributed by atoms with Gasteiger partial charge in [0.25, 0.3) is 5.91 Å². The van der Waals surface area contributed by atoms with E-state index in [2.05, 4.69) is 17.6 Å². The molecule has 0 spiro atoms. The molecule has 0 aromatic heterocycles. The quantitative estimate of drug-likeness (QED) is 0.198. The van der Waals surface area contributed by atoms with E-state index in [1.165, 1.54) is 12.1 Å². The molecule has 0 fully saturated rings. The van der Waals surface area contributed by atoms with E-state index in [1.54, 1.807) is 37.8 Å². The van der Waals surface area contributed by atoms with Crippen molar-refractivity contribution >= 4 is 34.4 Å². The second kappa shape index (κ2) is 14.7. The highest BCUT2D eigenvalue weighted by atomic mass is 16.6. The number of nitrogens with zero attached hydrogens (tertiary/aromatic N) is 1. The van der Waals surface area contributed by atoms with Gasteiger partial charge >= 0.3 is 6.09 Å². The number of hydrogen-bond donors (Lipinski definition) is 3. The molecule has 0 bridgehead atoms. The Kier molecular flexibility index (Phi) is 11.4. The van der Waals surface area contributed by atoms with E-state index >= 15 is 0 Å². The highest BCUT2D eigenvalue weighted by Gasteiger charge is 2.36. The Morgan fingerprint density at radius 1 is 0.929 bits per heavy atom. The molecule has 42 heavy (non-hydrogen) atoms. The molecule has 0 radical (unpaired) electrons. The van der Waals surface area contributed by atoms with Gasteiger partial charge in [0.05, 0.1) is 0 Å². The van der Waals surface area contributed by atoms with Gasteiger partial charge in [-0.25, -0.2) is 4.79 Å². The van der Waals surface area contributed by atoms with E-state index in [0.29, 0.717) is 30.6 Å². The maximum Gasteiger partial charge on any atom is 0.408 e. The van der Waals surface area contributed by atoms with Crippen LogP contribution in [0.25, 0.3) is 10.8 Å². The molecule has 8 heteroatoms. The second-order valence-corrected chi connectivity index (χ2v) is 12.1. The van der Waals surface area contributed by atoms with Crippen LogP contribution in [-0.4, -0.2) is 46.1 Å². The van der Waals surface area contributed by atoms with Crippen molar-refractivity contribution in [2.45, 2.75) is 84.9 Å². The Morgan fingerprint density at radius 2 is 1.60 bits per heavy atom. The Labute approximate surface area is 249 Å². The van der Waals surface area contributed by atoms with E-state index in [-0.39, 0.29) is 23.5 Å².